The van der Waals surface area contributed by atoms with Gasteiger partial charge in [-0.05, 0) is 32.8 Å². The van der Waals surface area contributed by atoms with Gasteiger partial charge in [-0.3, -0.25) is 14.4 Å². The molecule has 1 aromatic rings. The molecular formula is C15H20N2O5. The molecule has 0 radical (unpaired) electrons. The van der Waals surface area contributed by atoms with Crippen LogP contribution < -0.4 is 5.56 Å². The maximum atomic E-state index is 12.4. The lowest BCUT2D eigenvalue weighted by molar-refractivity contribution is -0.147. The number of amides is 1. The van der Waals surface area contributed by atoms with Crippen molar-refractivity contribution in [1.82, 2.24) is 9.47 Å². The minimum absolute atomic E-state index is 0.0452. The maximum Gasteiger partial charge on any atom is 0.308 e. The first-order valence-corrected chi connectivity index (χ1v) is 7.22. The highest BCUT2D eigenvalue weighted by Gasteiger charge is 2.32. The van der Waals surface area contributed by atoms with Crippen LogP contribution in [0.1, 0.15) is 25.5 Å². The quantitative estimate of drug-likeness (QED) is 0.850. The molecule has 1 aromatic heterocycles. The number of aromatic hydroxyl groups is 1. The second-order valence-corrected chi connectivity index (χ2v) is 5.79. The van der Waals surface area contributed by atoms with E-state index in [-0.39, 0.29) is 30.8 Å². The number of aliphatic carboxylic acids is 1. The first kappa shape index (κ1) is 16.1. The summed E-state index contributed by atoms with van der Waals surface area (Å²) >= 11 is 0. The van der Waals surface area contributed by atoms with Gasteiger partial charge < -0.3 is 19.7 Å². The van der Waals surface area contributed by atoms with Crippen molar-refractivity contribution in [2.75, 3.05) is 6.54 Å². The van der Waals surface area contributed by atoms with E-state index in [2.05, 4.69) is 0 Å². The van der Waals surface area contributed by atoms with Gasteiger partial charge in [0, 0.05) is 24.3 Å². The number of nitrogens with zero attached hydrogens (tertiary/aromatic N) is 2. The van der Waals surface area contributed by atoms with E-state index >= 15 is 0 Å². The van der Waals surface area contributed by atoms with Gasteiger partial charge in [0.1, 0.15) is 12.3 Å². The molecule has 2 unspecified atom stereocenters. The summed E-state index contributed by atoms with van der Waals surface area (Å²) in [5, 5.41) is 18.5. The molecule has 22 heavy (non-hydrogen) atoms. The lowest BCUT2D eigenvalue weighted by Crippen LogP contribution is -2.49. The Labute approximate surface area is 127 Å². The minimum Gasteiger partial charge on any atom is -0.508 e. The molecular weight excluding hydrogens is 288 g/mol. The normalized spacial score (nSPS) is 21.6. The number of carbonyl (C=O) groups excluding carboxylic acids is 1. The number of rotatable bonds is 3. The van der Waals surface area contributed by atoms with Gasteiger partial charge in [0.25, 0.3) is 5.56 Å². The highest BCUT2D eigenvalue weighted by Crippen LogP contribution is 2.22. The van der Waals surface area contributed by atoms with Crippen molar-refractivity contribution in [3.05, 3.63) is 28.2 Å². The zero-order valence-corrected chi connectivity index (χ0v) is 12.7. The zero-order chi connectivity index (χ0) is 16.4. The molecule has 1 aliphatic heterocycles. The van der Waals surface area contributed by atoms with Crippen molar-refractivity contribution in [2.45, 2.75) is 39.3 Å². The Balaban J connectivity index is 2.18. The number of aryl methyl sites for hydroxylation is 1. The van der Waals surface area contributed by atoms with Crippen LogP contribution in [-0.4, -0.2) is 44.1 Å². The molecule has 7 nitrogen and oxygen atoms in total. The number of pyridine rings is 1. The SMILES string of the molecule is Cc1cc(O)cc(=O)n1CC(=O)N1CC(C(=O)O)CCC1C. The number of carboxylic acids is 1. The van der Waals surface area contributed by atoms with Crippen LogP contribution in [0.3, 0.4) is 0 Å². The van der Waals surface area contributed by atoms with Gasteiger partial charge >= 0.3 is 5.97 Å². The minimum atomic E-state index is -0.900. The molecule has 0 spiro atoms. The van der Waals surface area contributed by atoms with E-state index in [4.69, 9.17) is 5.11 Å². The van der Waals surface area contributed by atoms with Crippen LogP contribution >= 0.6 is 0 Å². The van der Waals surface area contributed by atoms with Gasteiger partial charge in [0.2, 0.25) is 5.91 Å². The zero-order valence-electron chi connectivity index (χ0n) is 12.7. The fourth-order valence-corrected chi connectivity index (χ4v) is 2.80. The third kappa shape index (κ3) is 3.29. The van der Waals surface area contributed by atoms with E-state index in [1.807, 2.05) is 6.92 Å². The second-order valence-electron chi connectivity index (χ2n) is 5.79. The van der Waals surface area contributed by atoms with Crippen molar-refractivity contribution in [3.8, 4) is 5.75 Å². The Hall–Kier alpha value is -2.31. The van der Waals surface area contributed by atoms with E-state index in [1.54, 1.807) is 6.92 Å². The van der Waals surface area contributed by atoms with Crippen LogP contribution in [0.25, 0.3) is 0 Å². The molecule has 7 heteroatoms. The summed E-state index contributed by atoms with van der Waals surface area (Å²) in [7, 11) is 0. The predicted octanol–water partition coefficient (Wildman–Crippen LogP) is 0.574. The van der Waals surface area contributed by atoms with Crippen LogP contribution in [0, 0.1) is 12.8 Å². The first-order chi connectivity index (χ1) is 10.3. The summed E-state index contributed by atoms with van der Waals surface area (Å²) in [6.45, 7) is 3.53. The van der Waals surface area contributed by atoms with E-state index in [0.29, 0.717) is 18.5 Å². The fourth-order valence-electron chi connectivity index (χ4n) is 2.80. The number of likely N-dealkylation sites (tertiary alicyclic amines) is 1. The van der Waals surface area contributed by atoms with Gasteiger partial charge in [-0.15, -0.1) is 0 Å². The smallest absolute Gasteiger partial charge is 0.308 e. The molecule has 1 saturated heterocycles. The third-order valence-corrected chi connectivity index (χ3v) is 4.16. The molecule has 0 bridgehead atoms. The second kappa shape index (κ2) is 6.21. The summed E-state index contributed by atoms with van der Waals surface area (Å²) in [5.41, 5.74) is 0.0306. The molecule has 120 valence electrons. The topological polar surface area (TPSA) is 99.8 Å². The van der Waals surface area contributed by atoms with E-state index in [0.717, 1.165) is 6.07 Å². The predicted molar refractivity (Wildman–Crippen MR) is 78.6 cm³/mol. The van der Waals surface area contributed by atoms with Gasteiger partial charge in [0.05, 0.1) is 5.92 Å². The highest BCUT2D eigenvalue weighted by atomic mass is 16.4. The monoisotopic (exact) mass is 308 g/mol. The van der Waals surface area contributed by atoms with Gasteiger partial charge in [-0.1, -0.05) is 0 Å². The summed E-state index contributed by atoms with van der Waals surface area (Å²) in [5.74, 6) is -1.88. The number of aromatic nitrogens is 1. The fraction of sp³-hybridized carbons (Fsp3) is 0.533. The van der Waals surface area contributed by atoms with Gasteiger partial charge in [0.15, 0.2) is 0 Å². The molecule has 1 aliphatic rings. The Kier molecular flexibility index (Phi) is 4.54. The molecule has 2 heterocycles. The lowest BCUT2D eigenvalue weighted by Gasteiger charge is -2.36. The molecule has 0 saturated carbocycles. The molecule has 0 aliphatic carbocycles. The largest absolute Gasteiger partial charge is 0.508 e. The van der Waals surface area contributed by atoms with E-state index in [9.17, 15) is 19.5 Å². The Bertz CT molecular complexity index is 652. The van der Waals surface area contributed by atoms with Crippen molar-refractivity contribution >= 4 is 11.9 Å². The Morgan fingerprint density at radius 3 is 2.59 bits per heavy atom. The standard InChI is InChI=1S/C15H20N2O5/c1-9-3-4-11(15(21)22)7-16(9)14(20)8-17-10(2)5-12(18)6-13(17)19/h5-6,9,11,18H,3-4,7-8H2,1-2H3,(H,21,22). The Morgan fingerprint density at radius 2 is 2.00 bits per heavy atom. The van der Waals surface area contributed by atoms with Crippen LogP contribution in [0.15, 0.2) is 16.9 Å². The maximum absolute atomic E-state index is 12.4. The lowest BCUT2D eigenvalue weighted by atomic mass is 9.93. The summed E-state index contributed by atoms with van der Waals surface area (Å²) in [6, 6.07) is 2.42. The summed E-state index contributed by atoms with van der Waals surface area (Å²) < 4.78 is 1.28. The van der Waals surface area contributed by atoms with E-state index < -0.39 is 17.4 Å². The summed E-state index contributed by atoms with van der Waals surface area (Å²) in [4.78, 5) is 37.0. The highest BCUT2D eigenvalue weighted by molar-refractivity contribution is 5.78. The number of carbonyl (C=O) groups is 2. The molecule has 2 rings (SSSR count). The van der Waals surface area contributed by atoms with Crippen molar-refractivity contribution in [3.63, 3.8) is 0 Å². The van der Waals surface area contributed by atoms with Gasteiger partial charge in [-0.2, -0.15) is 0 Å². The van der Waals surface area contributed by atoms with Gasteiger partial charge in [-0.25, -0.2) is 0 Å². The molecule has 2 atom stereocenters. The van der Waals surface area contributed by atoms with Crippen LogP contribution in [0.5, 0.6) is 5.75 Å². The number of piperidine rings is 1. The first-order valence-electron chi connectivity index (χ1n) is 7.22. The number of carboxylic acid groups (broad SMARTS) is 1. The van der Waals surface area contributed by atoms with Crippen molar-refractivity contribution in [2.24, 2.45) is 5.92 Å². The van der Waals surface area contributed by atoms with Crippen LogP contribution in [0.2, 0.25) is 0 Å². The number of hydrogen-bond donors (Lipinski definition) is 2. The molecule has 2 N–H and O–H groups in total. The van der Waals surface area contributed by atoms with Crippen LogP contribution in [-0.2, 0) is 16.1 Å². The summed E-state index contributed by atoms with van der Waals surface area (Å²) in [6.07, 6.45) is 1.19. The molecule has 1 fully saturated rings. The van der Waals surface area contributed by atoms with Crippen molar-refractivity contribution < 1.29 is 19.8 Å². The Morgan fingerprint density at radius 1 is 1.32 bits per heavy atom. The molecule has 0 aromatic carbocycles. The average Bonchev–Trinajstić information content (AvgIpc) is 2.42. The average molecular weight is 308 g/mol. The molecule has 1 amide bonds. The van der Waals surface area contributed by atoms with Crippen molar-refractivity contribution in [1.29, 1.82) is 0 Å². The van der Waals surface area contributed by atoms with E-state index in [1.165, 1.54) is 15.5 Å². The number of hydrogen-bond acceptors (Lipinski definition) is 4. The third-order valence-electron chi connectivity index (χ3n) is 4.16. The van der Waals surface area contributed by atoms with Crippen LogP contribution in [0.4, 0.5) is 0 Å².